The van der Waals surface area contributed by atoms with Gasteiger partial charge >= 0.3 is 0 Å². The van der Waals surface area contributed by atoms with Crippen LogP contribution in [0.25, 0.3) is 0 Å². The van der Waals surface area contributed by atoms with Crippen molar-refractivity contribution >= 4 is 11.8 Å². The summed E-state index contributed by atoms with van der Waals surface area (Å²) in [6.45, 7) is 2.46. The number of aromatic nitrogens is 1. The van der Waals surface area contributed by atoms with Gasteiger partial charge in [0.15, 0.2) is 0 Å². The molecule has 2 aromatic rings. The molecule has 2 aliphatic carbocycles. The molecule has 6 nitrogen and oxygen atoms in total. The van der Waals surface area contributed by atoms with E-state index >= 15 is 0 Å². The summed E-state index contributed by atoms with van der Waals surface area (Å²) < 4.78 is 7.54. The topological polar surface area (TPSA) is 54.8 Å². The van der Waals surface area contributed by atoms with Crippen molar-refractivity contribution < 1.29 is 14.3 Å². The van der Waals surface area contributed by atoms with Crippen LogP contribution in [-0.4, -0.2) is 59.0 Å². The first kappa shape index (κ1) is 25.5. The molecule has 6 heteroatoms. The summed E-state index contributed by atoms with van der Waals surface area (Å²) in [7, 11) is 1.67. The van der Waals surface area contributed by atoms with Crippen LogP contribution in [-0.2, 0) is 27.4 Å². The molecule has 4 rings (SSSR count). The quantitative estimate of drug-likeness (QED) is 0.462. The molecular formula is C29H41N3O3. The van der Waals surface area contributed by atoms with E-state index in [1.807, 2.05) is 34.1 Å². The third-order valence-corrected chi connectivity index (χ3v) is 7.70. The van der Waals surface area contributed by atoms with Crippen molar-refractivity contribution in [3.8, 4) is 0 Å². The summed E-state index contributed by atoms with van der Waals surface area (Å²) in [5.41, 5.74) is 2.31. The van der Waals surface area contributed by atoms with Gasteiger partial charge < -0.3 is 19.1 Å². The summed E-state index contributed by atoms with van der Waals surface area (Å²) in [5, 5.41) is 0. The first-order chi connectivity index (χ1) is 17.2. The molecule has 2 aliphatic rings. The Kier molecular flexibility index (Phi) is 9.41. The molecule has 2 saturated carbocycles. The molecule has 0 bridgehead atoms. The fraction of sp³-hybridized carbons (Fsp3) is 0.586. The first-order valence-corrected chi connectivity index (χ1v) is 13.4. The normalized spacial score (nSPS) is 16.9. The van der Waals surface area contributed by atoms with Crippen molar-refractivity contribution in [1.29, 1.82) is 0 Å². The number of benzene rings is 1. The van der Waals surface area contributed by atoms with Gasteiger partial charge in [-0.25, -0.2) is 0 Å². The van der Waals surface area contributed by atoms with Crippen molar-refractivity contribution in [2.75, 3.05) is 26.8 Å². The zero-order valence-corrected chi connectivity index (χ0v) is 21.2. The number of carbonyl (C=O) groups excluding carboxylic acids is 2. The van der Waals surface area contributed by atoms with Gasteiger partial charge in [0.25, 0.3) is 0 Å². The summed E-state index contributed by atoms with van der Waals surface area (Å²) in [6, 6.07) is 14.7. The van der Waals surface area contributed by atoms with Gasteiger partial charge in [-0.3, -0.25) is 9.59 Å². The minimum Gasteiger partial charge on any atom is -0.383 e. The summed E-state index contributed by atoms with van der Waals surface area (Å²) in [5.74, 6) is 0.327. The molecule has 0 atom stereocenters. The van der Waals surface area contributed by atoms with E-state index in [0.717, 1.165) is 63.6 Å². The van der Waals surface area contributed by atoms with Crippen molar-refractivity contribution in [2.45, 2.75) is 76.9 Å². The van der Waals surface area contributed by atoms with Gasteiger partial charge in [0.05, 0.1) is 13.2 Å². The van der Waals surface area contributed by atoms with E-state index in [9.17, 15) is 9.59 Å². The maximum Gasteiger partial charge on any atom is 0.242 e. The number of nitrogens with zero attached hydrogens (tertiary/aromatic N) is 3. The maximum atomic E-state index is 13.7. The minimum absolute atomic E-state index is 0.0198. The Labute approximate surface area is 210 Å². The van der Waals surface area contributed by atoms with Crippen molar-refractivity contribution in [3.63, 3.8) is 0 Å². The van der Waals surface area contributed by atoms with Gasteiger partial charge in [-0.2, -0.15) is 0 Å². The minimum atomic E-state index is 0.0198. The smallest absolute Gasteiger partial charge is 0.242 e. The van der Waals surface area contributed by atoms with E-state index in [0.29, 0.717) is 19.7 Å². The van der Waals surface area contributed by atoms with Crippen LogP contribution in [0.2, 0.25) is 0 Å². The molecule has 190 valence electrons. The number of rotatable bonds is 11. The van der Waals surface area contributed by atoms with Crippen LogP contribution in [0.15, 0.2) is 48.7 Å². The van der Waals surface area contributed by atoms with E-state index in [4.69, 9.17) is 4.74 Å². The molecular weight excluding hydrogens is 438 g/mol. The van der Waals surface area contributed by atoms with E-state index < -0.39 is 0 Å². The molecule has 0 spiro atoms. The highest BCUT2D eigenvalue weighted by Gasteiger charge is 2.34. The molecule has 1 aromatic heterocycles. The predicted octanol–water partition coefficient (Wildman–Crippen LogP) is 4.86. The molecule has 0 unspecified atom stereocenters. The van der Waals surface area contributed by atoms with E-state index in [1.54, 1.807) is 7.11 Å². The Morgan fingerprint density at radius 1 is 0.943 bits per heavy atom. The lowest BCUT2D eigenvalue weighted by Gasteiger charge is -2.37. The molecule has 1 heterocycles. The molecule has 35 heavy (non-hydrogen) atoms. The number of hydrogen-bond acceptors (Lipinski definition) is 3. The van der Waals surface area contributed by atoms with Crippen molar-refractivity contribution in [1.82, 2.24) is 14.4 Å². The van der Waals surface area contributed by atoms with Crippen molar-refractivity contribution in [2.24, 2.45) is 5.92 Å². The molecule has 2 amide bonds. The standard InChI is InChI=1S/C29H41N3O3/c1-35-20-19-31(22-27-17-10-18-30(27)21-24-11-4-2-5-12-24)28(33)23-32(26-15-6-3-7-16-26)29(34)25-13-8-9-14-25/h2,4-5,10-12,17-18,25-26H,3,6-9,13-16,19-23H2,1H3. The zero-order valence-electron chi connectivity index (χ0n) is 21.2. The first-order valence-electron chi connectivity index (χ1n) is 13.4. The maximum absolute atomic E-state index is 13.7. The van der Waals surface area contributed by atoms with Gasteiger partial charge in [0.1, 0.15) is 6.54 Å². The third kappa shape index (κ3) is 6.97. The lowest BCUT2D eigenvalue weighted by molar-refractivity contribution is -0.146. The van der Waals surface area contributed by atoms with Crippen LogP contribution >= 0.6 is 0 Å². The molecule has 0 saturated heterocycles. The Morgan fingerprint density at radius 3 is 2.37 bits per heavy atom. The van der Waals surface area contributed by atoms with Crippen LogP contribution in [0.5, 0.6) is 0 Å². The Morgan fingerprint density at radius 2 is 1.66 bits per heavy atom. The van der Waals surface area contributed by atoms with Crippen LogP contribution in [0, 0.1) is 5.92 Å². The van der Waals surface area contributed by atoms with Crippen LogP contribution in [0.3, 0.4) is 0 Å². The number of amides is 2. The lowest BCUT2D eigenvalue weighted by Crippen LogP contribution is -2.50. The van der Waals surface area contributed by atoms with Crippen LogP contribution < -0.4 is 0 Å². The van der Waals surface area contributed by atoms with E-state index in [-0.39, 0.29) is 30.3 Å². The Balaban J connectivity index is 1.48. The molecule has 0 aliphatic heterocycles. The summed E-state index contributed by atoms with van der Waals surface area (Å²) in [6.07, 6.45) is 11.8. The van der Waals surface area contributed by atoms with Gasteiger partial charge in [0, 0.05) is 44.0 Å². The SMILES string of the molecule is COCCN(Cc1cccn1Cc1ccccc1)C(=O)CN(C(=O)C1CCCC1)C1CCCCC1. The Hall–Kier alpha value is -2.60. The average molecular weight is 480 g/mol. The number of hydrogen-bond donors (Lipinski definition) is 0. The van der Waals surface area contributed by atoms with E-state index in [2.05, 4.69) is 29.0 Å². The Bertz CT molecular complexity index is 930. The second-order valence-corrected chi connectivity index (χ2v) is 10.2. The summed E-state index contributed by atoms with van der Waals surface area (Å²) >= 11 is 0. The molecule has 2 fully saturated rings. The highest BCUT2D eigenvalue weighted by Crippen LogP contribution is 2.30. The largest absolute Gasteiger partial charge is 0.383 e. The van der Waals surface area contributed by atoms with Crippen LogP contribution in [0.4, 0.5) is 0 Å². The van der Waals surface area contributed by atoms with Crippen LogP contribution in [0.1, 0.15) is 69.0 Å². The van der Waals surface area contributed by atoms with Gasteiger partial charge in [-0.1, -0.05) is 62.4 Å². The second kappa shape index (κ2) is 12.9. The van der Waals surface area contributed by atoms with Crippen molar-refractivity contribution in [3.05, 3.63) is 59.9 Å². The molecule has 0 N–H and O–H groups in total. The highest BCUT2D eigenvalue weighted by atomic mass is 16.5. The van der Waals surface area contributed by atoms with Gasteiger partial charge in [-0.15, -0.1) is 0 Å². The predicted molar refractivity (Wildman–Crippen MR) is 138 cm³/mol. The second-order valence-electron chi connectivity index (χ2n) is 10.2. The summed E-state index contributed by atoms with van der Waals surface area (Å²) in [4.78, 5) is 31.0. The fourth-order valence-electron chi connectivity index (χ4n) is 5.65. The third-order valence-electron chi connectivity index (χ3n) is 7.70. The molecule has 1 aromatic carbocycles. The lowest BCUT2D eigenvalue weighted by atomic mass is 9.92. The number of methoxy groups -OCH3 is 1. The van der Waals surface area contributed by atoms with Gasteiger partial charge in [-0.05, 0) is 43.4 Å². The zero-order chi connectivity index (χ0) is 24.5. The number of carbonyl (C=O) groups is 2. The average Bonchev–Trinajstić information content (AvgIpc) is 3.58. The fourth-order valence-corrected chi connectivity index (χ4v) is 5.65. The number of ether oxygens (including phenoxy) is 1. The van der Waals surface area contributed by atoms with E-state index in [1.165, 1.54) is 12.0 Å². The monoisotopic (exact) mass is 479 g/mol. The van der Waals surface area contributed by atoms with Gasteiger partial charge in [0.2, 0.25) is 11.8 Å². The highest BCUT2D eigenvalue weighted by molar-refractivity contribution is 5.86. The molecule has 0 radical (unpaired) electrons.